The van der Waals surface area contributed by atoms with Crippen LogP contribution in [0.25, 0.3) is 33.7 Å². The van der Waals surface area contributed by atoms with Crippen molar-refractivity contribution in [1.29, 1.82) is 0 Å². The van der Waals surface area contributed by atoms with Gasteiger partial charge >= 0.3 is 11.9 Å². The van der Waals surface area contributed by atoms with Crippen LogP contribution in [0, 0.1) is 31.6 Å². The molecule has 6 rings (SSSR count). The first-order chi connectivity index (χ1) is 31.1. The van der Waals surface area contributed by atoms with Crippen LogP contribution in [0.5, 0.6) is 0 Å². The first kappa shape index (κ1) is 49.2. The van der Waals surface area contributed by atoms with Crippen molar-refractivity contribution < 1.29 is 29.0 Å². The summed E-state index contributed by atoms with van der Waals surface area (Å²) in [6.07, 6.45) is 17.4. The molecule has 3 aromatic heterocycles. The van der Waals surface area contributed by atoms with Crippen LogP contribution in [0.2, 0.25) is 0 Å². The van der Waals surface area contributed by atoms with Crippen molar-refractivity contribution in [2.45, 2.75) is 163 Å². The normalized spacial score (nSPS) is 19.8. The number of rotatable bonds is 20. The number of ketones is 1. The predicted molar refractivity (Wildman–Crippen MR) is 263 cm³/mol. The highest BCUT2D eigenvalue weighted by atomic mass is 16.5. The number of allylic oxidation sites excluding steroid dienone is 2. The number of hydrogen-bond donors (Lipinski definition) is 3. The molecule has 3 aromatic rings. The lowest BCUT2D eigenvalue weighted by molar-refractivity contribution is -0.143. The zero-order chi connectivity index (χ0) is 47.1. The number of H-pyrrole nitrogens is 2. The van der Waals surface area contributed by atoms with Crippen LogP contribution in [-0.4, -0.2) is 56.5 Å². The number of nitrogens with one attached hydrogen (secondary N) is 2. The SMILES string of the molecule is C=Cc1c(C)c2cc3nc(c4c5[nH]c(cc6nc(cc1[nH]2)C(=CO)C6CC)c(C)c5C(=O)C4C(=O)OC)C(CCC(=O)OC/C=C(\C)CCCC(C)CCCC(C)CCCC(C)C)C3C. The first-order valence-electron chi connectivity index (χ1n) is 24.3. The summed E-state index contributed by atoms with van der Waals surface area (Å²) in [4.78, 5) is 58.8. The van der Waals surface area contributed by atoms with Crippen molar-refractivity contribution in [3.63, 3.8) is 0 Å². The van der Waals surface area contributed by atoms with E-state index in [2.05, 4.69) is 58.1 Å². The van der Waals surface area contributed by atoms with Gasteiger partial charge in [0.2, 0.25) is 0 Å². The summed E-state index contributed by atoms with van der Waals surface area (Å²) < 4.78 is 11.1. The molecule has 65 heavy (non-hydrogen) atoms. The molecular formula is C55H74N4O6. The van der Waals surface area contributed by atoms with Gasteiger partial charge in [-0.3, -0.25) is 24.4 Å². The molecule has 6 unspecified atom stereocenters. The zero-order valence-electron chi connectivity index (χ0n) is 40.8. The number of carbonyl (C=O) groups excluding carboxylic acids is 3. The molecule has 0 saturated carbocycles. The van der Waals surface area contributed by atoms with Crippen molar-refractivity contribution in [3.8, 4) is 0 Å². The van der Waals surface area contributed by atoms with Gasteiger partial charge in [-0.15, -0.1) is 0 Å². The summed E-state index contributed by atoms with van der Waals surface area (Å²) >= 11 is 0. The second kappa shape index (κ2) is 21.8. The summed E-state index contributed by atoms with van der Waals surface area (Å²) in [6, 6.07) is 5.89. The second-order valence-electron chi connectivity index (χ2n) is 19.7. The van der Waals surface area contributed by atoms with Crippen molar-refractivity contribution in [3.05, 3.63) is 93.3 Å². The number of aromatic nitrogens is 4. The van der Waals surface area contributed by atoms with Crippen LogP contribution >= 0.6 is 0 Å². The van der Waals surface area contributed by atoms with E-state index in [4.69, 9.17) is 19.4 Å². The van der Waals surface area contributed by atoms with Crippen molar-refractivity contribution in [1.82, 2.24) is 19.9 Å². The average molecular weight is 887 g/mol. The van der Waals surface area contributed by atoms with Gasteiger partial charge < -0.3 is 24.5 Å². The van der Waals surface area contributed by atoms with Crippen molar-refractivity contribution in [2.75, 3.05) is 13.7 Å². The Balaban J connectivity index is 1.25. The number of hydrogen-bond acceptors (Lipinski definition) is 8. The summed E-state index contributed by atoms with van der Waals surface area (Å²) in [6.45, 7) is 23.9. The van der Waals surface area contributed by atoms with E-state index in [1.165, 1.54) is 57.6 Å². The highest BCUT2D eigenvalue weighted by molar-refractivity contribution is 6.23. The standard InChI is InChI=1S/C55H74N4O6/c1-12-38-35(8)42-27-43-36(9)40(23-24-48(61)65-26-25-34(7)22-16-21-33(6)20-15-19-32(5)18-14-17-31(3)4)52(58-43)50-51(55(63)64-11)54(62)49-37(10)44(59-53(49)50)28-46-39(13-2)41(30-60)47(57-46)29-45(38)56-42/h12,25,27-33,36,39-40,51,56,59-60H,1,13-24,26H2,2-11H3/b34-25+,41-30?,42-27?,43-27?,44-28?,45-29?,46-28?,47-29?,52-50?. The van der Waals surface area contributed by atoms with Gasteiger partial charge in [-0.1, -0.05) is 105 Å². The lowest BCUT2D eigenvalue weighted by atomic mass is 9.84. The third-order valence-corrected chi connectivity index (χ3v) is 14.5. The fourth-order valence-corrected chi connectivity index (χ4v) is 10.4. The molecule has 2 aliphatic heterocycles. The molecular weight excluding hydrogens is 813 g/mol. The lowest BCUT2D eigenvalue weighted by Crippen LogP contribution is -2.21. The van der Waals surface area contributed by atoms with Gasteiger partial charge in [0, 0.05) is 68.7 Å². The maximum atomic E-state index is 14.4. The molecule has 0 spiro atoms. The van der Waals surface area contributed by atoms with E-state index in [0.717, 1.165) is 64.5 Å². The number of aliphatic hydroxyl groups excluding tert-OH is 1. The number of carbonyl (C=O) groups is 3. The van der Waals surface area contributed by atoms with Crippen LogP contribution in [0.15, 0.2) is 42.7 Å². The minimum Gasteiger partial charge on any atom is -0.515 e. The number of aryl methyl sites for hydroxylation is 2. The number of nitrogens with zero attached hydrogens (tertiary/aromatic N) is 2. The molecule has 3 aliphatic rings. The molecule has 10 heteroatoms. The Kier molecular flexibility index (Phi) is 16.5. The largest absolute Gasteiger partial charge is 0.515 e. The minimum atomic E-state index is -1.21. The number of fused-ring (bicyclic) bond motifs is 8. The summed E-state index contributed by atoms with van der Waals surface area (Å²) in [5.41, 5.74) is 10.9. The lowest BCUT2D eigenvalue weighted by Gasteiger charge is -2.18. The van der Waals surface area contributed by atoms with E-state index in [0.29, 0.717) is 63.4 Å². The highest BCUT2D eigenvalue weighted by Crippen LogP contribution is 2.48. The number of methoxy groups -OCH3 is 1. The quantitative estimate of drug-likeness (QED) is 0.0440. The van der Waals surface area contributed by atoms with Gasteiger partial charge in [0.05, 0.1) is 36.0 Å². The second-order valence-corrected chi connectivity index (χ2v) is 19.7. The van der Waals surface area contributed by atoms with Gasteiger partial charge in [-0.2, -0.15) is 0 Å². The topological polar surface area (TPSA) is 147 Å². The van der Waals surface area contributed by atoms with Gasteiger partial charge in [0.15, 0.2) is 5.78 Å². The molecule has 0 amide bonds. The molecule has 5 heterocycles. The number of Topliss-reactive ketones (excluding diaryl/α,β-unsaturated/α-hetero) is 1. The van der Waals surface area contributed by atoms with E-state index >= 15 is 0 Å². The third kappa shape index (κ3) is 10.9. The van der Waals surface area contributed by atoms with Crippen LogP contribution in [0.3, 0.4) is 0 Å². The molecule has 0 fully saturated rings. The maximum Gasteiger partial charge on any atom is 0.321 e. The molecule has 8 bridgehead atoms. The molecule has 10 nitrogen and oxygen atoms in total. The maximum absolute atomic E-state index is 14.4. The minimum absolute atomic E-state index is 0.139. The Hall–Kier alpha value is -5.25. The smallest absolute Gasteiger partial charge is 0.321 e. The number of esters is 2. The van der Waals surface area contributed by atoms with Gasteiger partial charge in [-0.25, -0.2) is 0 Å². The van der Waals surface area contributed by atoms with Gasteiger partial charge in [-0.05, 0) is 99.6 Å². The Morgan fingerprint density at radius 3 is 2.20 bits per heavy atom. The van der Waals surface area contributed by atoms with Crippen LogP contribution in [0.4, 0.5) is 0 Å². The van der Waals surface area contributed by atoms with Crippen LogP contribution in [0.1, 0.15) is 205 Å². The van der Waals surface area contributed by atoms with Crippen LogP contribution < -0.4 is 0 Å². The monoisotopic (exact) mass is 887 g/mol. The van der Waals surface area contributed by atoms with E-state index in [-0.39, 0.29) is 42.5 Å². The number of ether oxygens (including phenoxy) is 2. The van der Waals surface area contributed by atoms with Gasteiger partial charge in [0.25, 0.3) is 0 Å². The molecule has 6 atom stereocenters. The molecule has 0 radical (unpaired) electrons. The van der Waals surface area contributed by atoms with Gasteiger partial charge in [0.1, 0.15) is 12.5 Å². The molecule has 0 saturated heterocycles. The molecule has 350 valence electrons. The first-order valence-corrected chi connectivity index (χ1v) is 24.3. The van der Waals surface area contributed by atoms with E-state index < -0.39 is 11.9 Å². The third-order valence-electron chi connectivity index (χ3n) is 14.5. The summed E-state index contributed by atoms with van der Waals surface area (Å²) in [5, 5.41) is 10.5. The Labute approximate surface area is 386 Å². The zero-order valence-corrected chi connectivity index (χ0v) is 40.8. The molecule has 0 aromatic carbocycles. The van der Waals surface area contributed by atoms with Crippen molar-refractivity contribution >= 4 is 51.4 Å². The number of aromatic amines is 2. The fraction of sp³-hybridized carbons (Fsp3) is 0.545. The average Bonchev–Trinajstić information content (AvgIpc) is 4.02. The summed E-state index contributed by atoms with van der Waals surface area (Å²) in [7, 11) is 1.29. The highest BCUT2D eigenvalue weighted by Gasteiger charge is 2.45. The number of aliphatic hydroxyl groups is 1. The molecule has 1 aliphatic carbocycles. The Morgan fingerprint density at radius 2 is 1.55 bits per heavy atom. The van der Waals surface area contributed by atoms with Crippen molar-refractivity contribution in [2.24, 2.45) is 17.8 Å². The Morgan fingerprint density at radius 1 is 0.892 bits per heavy atom. The fourth-order valence-electron chi connectivity index (χ4n) is 10.4. The summed E-state index contributed by atoms with van der Waals surface area (Å²) in [5.74, 6) is -0.905. The predicted octanol–water partition coefficient (Wildman–Crippen LogP) is 13.7. The molecule has 3 N–H and O–H groups in total. The van der Waals surface area contributed by atoms with E-state index in [1.54, 1.807) is 0 Å². The van der Waals surface area contributed by atoms with E-state index in [1.807, 2.05) is 51.1 Å². The van der Waals surface area contributed by atoms with Crippen LogP contribution in [-0.2, 0) is 19.1 Å². The Bertz CT molecular complexity index is 2490. The van der Waals surface area contributed by atoms with E-state index in [9.17, 15) is 19.5 Å².